The first-order valence-corrected chi connectivity index (χ1v) is 8.24. The number of hydrogen-bond donors (Lipinski definition) is 1. The van der Waals surface area contributed by atoms with E-state index < -0.39 is 0 Å². The van der Waals surface area contributed by atoms with Crippen LogP contribution in [0.1, 0.15) is 44.6 Å². The van der Waals surface area contributed by atoms with Gasteiger partial charge in [-0.2, -0.15) is 0 Å². The van der Waals surface area contributed by atoms with Gasteiger partial charge in [0.1, 0.15) is 0 Å². The minimum Gasteiger partial charge on any atom is -0.331 e. The van der Waals surface area contributed by atoms with Crippen molar-refractivity contribution in [1.29, 1.82) is 0 Å². The Bertz CT molecular complexity index is 645. The molecule has 1 aromatic heterocycles. The Labute approximate surface area is 126 Å². The molecule has 1 fully saturated rings. The minimum atomic E-state index is 0.874. The molecule has 0 amide bonds. The Kier molecular flexibility index (Phi) is 3.97. The lowest BCUT2D eigenvalue weighted by molar-refractivity contribution is 0.269. The Balaban J connectivity index is 1.78. The van der Waals surface area contributed by atoms with E-state index in [-0.39, 0.29) is 0 Å². The summed E-state index contributed by atoms with van der Waals surface area (Å²) in [5.41, 5.74) is 3.78. The van der Waals surface area contributed by atoms with E-state index >= 15 is 0 Å². The van der Waals surface area contributed by atoms with Gasteiger partial charge < -0.3 is 9.55 Å². The molecule has 2 nitrogen and oxygen atoms in total. The second kappa shape index (κ2) is 5.72. The van der Waals surface area contributed by atoms with Crippen molar-refractivity contribution >= 4 is 23.3 Å². The fourth-order valence-electron chi connectivity index (χ4n) is 3.55. The van der Waals surface area contributed by atoms with E-state index in [2.05, 4.69) is 41.6 Å². The highest BCUT2D eigenvalue weighted by Crippen LogP contribution is 2.31. The quantitative estimate of drug-likeness (QED) is 0.768. The first-order chi connectivity index (χ1) is 9.65. The molecule has 0 bridgehead atoms. The van der Waals surface area contributed by atoms with Crippen LogP contribution in [0, 0.1) is 23.5 Å². The van der Waals surface area contributed by atoms with Gasteiger partial charge in [-0.1, -0.05) is 44.7 Å². The predicted molar refractivity (Wildman–Crippen MR) is 87.6 cm³/mol. The molecule has 1 N–H and O–H groups in total. The Hall–Kier alpha value is -1.09. The van der Waals surface area contributed by atoms with E-state index in [1.165, 1.54) is 48.7 Å². The smallest absolute Gasteiger partial charge is 0.178 e. The maximum Gasteiger partial charge on any atom is 0.178 e. The van der Waals surface area contributed by atoms with Crippen LogP contribution in [0.3, 0.4) is 0 Å². The zero-order valence-electron chi connectivity index (χ0n) is 12.5. The lowest BCUT2D eigenvalue weighted by atomic mass is 9.81. The number of imidazole rings is 1. The number of para-hydroxylation sites is 1. The van der Waals surface area contributed by atoms with Gasteiger partial charge in [-0.3, -0.25) is 0 Å². The number of H-pyrrole nitrogens is 1. The van der Waals surface area contributed by atoms with E-state index in [9.17, 15) is 0 Å². The number of fused-ring (bicyclic) bond motifs is 1. The lowest BCUT2D eigenvalue weighted by Gasteiger charge is -2.26. The van der Waals surface area contributed by atoms with Crippen LogP contribution in [-0.2, 0) is 6.54 Å². The molecular formula is C17H24N2S. The molecule has 0 radical (unpaired) electrons. The second-order valence-electron chi connectivity index (χ2n) is 6.47. The highest BCUT2D eigenvalue weighted by atomic mass is 32.1. The Morgan fingerprint density at radius 2 is 2.00 bits per heavy atom. The van der Waals surface area contributed by atoms with Gasteiger partial charge in [-0.25, -0.2) is 0 Å². The summed E-state index contributed by atoms with van der Waals surface area (Å²) in [6.45, 7) is 5.61. The van der Waals surface area contributed by atoms with Gasteiger partial charge in [0.2, 0.25) is 0 Å². The number of benzene rings is 1. The van der Waals surface area contributed by atoms with E-state index in [0.717, 1.165) is 23.2 Å². The molecule has 1 heterocycles. The summed E-state index contributed by atoms with van der Waals surface area (Å²) in [6, 6.07) is 6.39. The van der Waals surface area contributed by atoms with Crippen molar-refractivity contribution in [2.45, 2.75) is 52.5 Å². The normalized spacial score (nSPS) is 23.3. The molecule has 0 aliphatic heterocycles. The first kappa shape index (κ1) is 13.9. The van der Waals surface area contributed by atoms with Crippen molar-refractivity contribution in [2.24, 2.45) is 11.8 Å². The standard InChI is InChI=1S/C17H24N2S/c1-12-6-8-14(9-7-12)10-11-19-16-13(2)4-3-5-15(16)18-17(19)20/h3-5,12,14H,6-11H2,1-2H3,(H,18,20). The average Bonchev–Trinajstić information content (AvgIpc) is 2.75. The molecule has 1 aromatic carbocycles. The number of hydrogen-bond acceptors (Lipinski definition) is 1. The van der Waals surface area contributed by atoms with Gasteiger partial charge in [0.25, 0.3) is 0 Å². The molecule has 20 heavy (non-hydrogen) atoms. The highest BCUT2D eigenvalue weighted by Gasteiger charge is 2.18. The van der Waals surface area contributed by atoms with Crippen molar-refractivity contribution in [1.82, 2.24) is 9.55 Å². The number of nitrogens with zero attached hydrogens (tertiary/aromatic N) is 1. The minimum absolute atomic E-state index is 0.874. The molecule has 108 valence electrons. The monoisotopic (exact) mass is 288 g/mol. The molecule has 2 aromatic rings. The molecule has 0 unspecified atom stereocenters. The van der Waals surface area contributed by atoms with E-state index in [1.54, 1.807) is 0 Å². The predicted octanol–water partition coefficient (Wildman–Crippen LogP) is 5.22. The van der Waals surface area contributed by atoms with Crippen LogP contribution in [0.25, 0.3) is 11.0 Å². The number of nitrogens with one attached hydrogen (secondary N) is 1. The fourth-order valence-corrected chi connectivity index (χ4v) is 3.84. The Morgan fingerprint density at radius 1 is 1.25 bits per heavy atom. The molecule has 1 aliphatic carbocycles. The van der Waals surface area contributed by atoms with E-state index in [4.69, 9.17) is 12.2 Å². The van der Waals surface area contributed by atoms with Crippen LogP contribution in [0.15, 0.2) is 18.2 Å². The van der Waals surface area contributed by atoms with Crippen molar-refractivity contribution in [3.05, 3.63) is 28.5 Å². The van der Waals surface area contributed by atoms with Gasteiger partial charge >= 0.3 is 0 Å². The van der Waals surface area contributed by atoms with E-state index in [1.807, 2.05) is 0 Å². The van der Waals surface area contributed by atoms with Crippen molar-refractivity contribution in [3.63, 3.8) is 0 Å². The summed E-state index contributed by atoms with van der Waals surface area (Å²) in [5.74, 6) is 1.82. The van der Waals surface area contributed by atoms with Crippen LogP contribution in [0.2, 0.25) is 0 Å². The molecule has 3 heteroatoms. The van der Waals surface area contributed by atoms with Crippen LogP contribution in [0.4, 0.5) is 0 Å². The summed E-state index contributed by atoms with van der Waals surface area (Å²) < 4.78 is 3.18. The number of aromatic nitrogens is 2. The average molecular weight is 288 g/mol. The molecule has 1 saturated carbocycles. The lowest BCUT2D eigenvalue weighted by Crippen LogP contribution is -2.14. The molecule has 0 saturated heterocycles. The fraction of sp³-hybridized carbons (Fsp3) is 0.588. The maximum atomic E-state index is 5.51. The van der Waals surface area contributed by atoms with Crippen molar-refractivity contribution < 1.29 is 0 Å². The molecule has 0 atom stereocenters. The summed E-state index contributed by atoms with van der Waals surface area (Å²) in [6.07, 6.45) is 6.87. The largest absolute Gasteiger partial charge is 0.331 e. The van der Waals surface area contributed by atoms with E-state index in [0.29, 0.717) is 0 Å². The second-order valence-corrected chi connectivity index (χ2v) is 6.85. The van der Waals surface area contributed by atoms with Crippen LogP contribution in [-0.4, -0.2) is 9.55 Å². The highest BCUT2D eigenvalue weighted by molar-refractivity contribution is 7.71. The third-order valence-corrected chi connectivity index (χ3v) is 5.21. The maximum absolute atomic E-state index is 5.51. The number of aryl methyl sites for hydroxylation is 2. The van der Waals surface area contributed by atoms with Crippen LogP contribution in [0.5, 0.6) is 0 Å². The summed E-state index contributed by atoms with van der Waals surface area (Å²) in [7, 11) is 0. The Morgan fingerprint density at radius 3 is 2.75 bits per heavy atom. The SMILES string of the molecule is Cc1cccc2[nH]c(=S)n(CCC3CCC(C)CC3)c12. The topological polar surface area (TPSA) is 20.7 Å². The van der Waals surface area contributed by atoms with Gasteiger partial charge in [0, 0.05) is 6.54 Å². The molecular weight excluding hydrogens is 264 g/mol. The third kappa shape index (κ3) is 2.69. The summed E-state index contributed by atoms with van der Waals surface area (Å²) >= 11 is 5.51. The van der Waals surface area contributed by atoms with Crippen molar-refractivity contribution in [3.8, 4) is 0 Å². The molecule has 3 rings (SSSR count). The van der Waals surface area contributed by atoms with Crippen molar-refractivity contribution in [2.75, 3.05) is 0 Å². The third-order valence-electron chi connectivity index (χ3n) is 4.89. The van der Waals surface area contributed by atoms with Crippen LogP contribution < -0.4 is 0 Å². The zero-order chi connectivity index (χ0) is 14.1. The van der Waals surface area contributed by atoms with Crippen LogP contribution >= 0.6 is 12.2 Å². The first-order valence-electron chi connectivity index (χ1n) is 7.83. The number of rotatable bonds is 3. The molecule has 0 spiro atoms. The van der Waals surface area contributed by atoms with Gasteiger partial charge in [-0.05, 0) is 49.0 Å². The zero-order valence-corrected chi connectivity index (χ0v) is 13.3. The van der Waals surface area contributed by atoms with Gasteiger partial charge in [0.15, 0.2) is 4.77 Å². The van der Waals surface area contributed by atoms with Gasteiger partial charge in [-0.15, -0.1) is 0 Å². The molecule has 1 aliphatic rings. The summed E-state index contributed by atoms with van der Waals surface area (Å²) in [5, 5.41) is 0. The summed E-state index contributed by atoms with van der Waals surface area (Å²) in [4.78, 5) is 3.34. The van der Waals surface area contributed by atoms with Gasteiger partial charge in [0.05, 0.1) is 11.0 Å². The number of aromatic amines is 1.